The van der Waals surface area contributed by atoms with Crippen molar-refractivity contribution in [1.82, 2.24) is 4.98 Å². The molecule has 1 saturated carbocycles. The number of hydrogen-bond donors (Lipinski definition) is 1. The number of nitrogens with zero attached hydrogens (tertiary/aromatic N) is 1. The monoisotopic (exact) mass is 222 g/mol. The normalized spacial score (nSPS) is 25.4. The lowest BCUT2D eigenvalue weighted by molar-refractivity contribution is 0.268. The second-order valence-electron chi connectivity index (χ2n) is 4.75. The van der Waals surface area contributed by atoms with E-state index in [1.807, 2.05) is 6.07 Å². The zero-order valence-corrected chi connectivity index (χ0v) is 9.75. The Morgan fingerprint density at radius 1 is 1.38 bits per heavy atom. The molecule has 1 aromatic heterocycles. The Labute approximate surface area is 96.3 Å². The van der Waals surface area contributed by atoms with E-state index in [9.17, 15) is 4.39 Å². The number of nitrogens with one attached hydrogen (secondary N) is 1. The Hall–Kier alpha value is -1.12. The molecule has 0 amide bonds. The summed E-state index contributed by atoms with van der Waals surface area (Å²) in [7, 11) is 0. The minimum absolute atomic E-state index is 0.415. The lowest BCUT2D eigenvalue weighted by atomic mass is 9.80. The lowest BCUT2D eigenvalue weighted by Crippen LogP contribution is -2.24. The summed E-state index contributed by atoms with van der Waals surface area (Å²) < 4.78 is 12.9. The zero-order chi connectivity index (χ0) is 11.4. The molecule has 0 aromatic carbocycles. The molecule has 1 aliphatic carbocycles. The summed E-state index contributed by atoms with van der Waals surface area (Å²) in [4.78, 5) is 3.80. The molecule has 0 saturated heterocycles. The summed E-state index contributed by atoms with van der Waals surface area (Å²) in [5, 5.41) is 3.23. The molecule has 2 unspecified atom stereocenters. The first kappa shape index (κ1) is 11.4. The minimum Gasteiger partial charge on any atom is -0.370 e. The van der Waals surface area contributed by atoms with E-state index in [0.717, 1.165) is 12.5 Å². The number of halogens is 1. The Balaban J connectivity index is 1.86. The van der Waals surface area contributed by atoms with Crippen LogP contribution in [0, 0.1) is 17.8 Å². The predicted molar refractivity (Wildman–Crippen MR) is 63.8 cm³/mol. The molecular formula is C13H19FN2. The van der Waals surface area contributed by atoms with E-state index >= 15 is 0 Å². The highest BCUT2D eigenvalue weighted by atomic mass is 19.1. The molecule has 1 aromatic rings. The molecule has 3 heteroatoms. The quantitative estimate of drug-likeness (QED) is 0.792. The second-order valence-corrected chi connectivity index (χ2v) is 4.75. The average molecular weight is 222 g/mol. The highest BCUT2D eigenvalue weighted by molar-refractivity contribution is 5.33. The highest BCUT2D eigenvalue weighted by Gasteiger charge is 2.20. The Kier molecular flexibility index (Phi) is 3.75. The summed E-state index contributed by atoms with van der Waals surface area (Å²) in [6.45, 7) is 3.22. The number of aromatic nitrogens is 1. The molecule has 2 rings (SSSR count). The van der Waals surface area contributed by atoms with Crippen LogP contribution in [0.1, 0.15) is 32.6 Å². The van der Waals surface area contributed by atoms with Gasteiger partial charge in [-0.25, -0.2) is 4.98 Å². The first-order chi connectivity index (χ1) is 7.75. The van der Waals surface area contributed by atoms with Crippen LogP contribution in [0.15, 0.2) is 18.2 Å². The largest absolute Gasteiger partial charge is 0.370 e. The molecule has 2 nitrogen and oxygen atoms in total. The lowest BCUT2D eigenvalue weighted by Gasteiger charge is -2.28. The van der Waals surface area contributed by atoms with E-state index in [1.54, 1.807) is 6.07 Å². The average Bonchev–Trinajstić information content (AvgIpc) is 2.28. The van der Waals surface area contributed by atoms with Gasteiger partial charge >= 0.3 is 0 Å². The number of pyridine rings is 1. The van der Waals surface area contributed by atoms with E-state index in [0.29, 0.717) is 11.7 Å². The molecule has 0 spiro atoms. The van der Waals surface area contributed by atoms with Gasteiger partial charge in [-0.2, -0.15) is 4.39 Å². The number of anilines is 1. The van der Waals surface area contributed by atoms with Crippen molar-refractivity contribution < 1.29 is 4.39 Å². The summed E-state index contributed by atoms with van der Waals surface area (Å²) in [5.74, 6) is 1.72. The van der Waals surface area contributed by atoms with E-state index < -0.39 is 5.95 Å². The van der Waals surface area contributed by atoms with Gasteiger partial charge in [0.05, 0.1) is 0 Å². The molecule has 0 aliphatic heterocycles. The first-order valence-electron chi connectivity index (χ1n) is 6.12. The van der Waals surface area contributed by atoms with Crippen LogP contribution >= 0.6 is 0 Å². The van der Waals surface area contributed by atoms with Crippen molar-refractivity contribution in [1.29, 1.82) is 0 Å². The molecule has 2 atom stereocenters. The van der Waals surface area contributed by atoms with Crippen molar-refractivity contribution in [2.45, 2.75) is 32.6 Å². The Bertz CT molecular complexity index is 340. The van der Waals surface area contributed by atoms with Gasteiger partial charge in [0.15, 0.2) is 0 Å². The fourth-order valence-corrected chi connectivity index (χ4v) is 2.44. The maximum Gasteiger partial charge on any atom is 0.214 e. The van der Waals surface area contributed by atoms with Crippen LogP contribution in [0.5, 0.6) is 0 Å². The van der Waals surface area contributed by atoms with Crippen molar-refractivity contribution in [3.05, 3.63) is 24.1 Å². The number of hydrogen-bond acceptors (Lipinski definition) is 2. The molecule has 0 bridgehead atoms. The maximum atomic E-state index is 12.9. The predicted octanol–water partition coefficient (Wildman–Crippen LogP) is 3.46. The fourth-order valence-electron chi connectivity index (χ4n) is 2.44. The van der Waals surface area contributed by atoms with Gasteiger partial charge in [-0.3, -0.25) is 0 Å². The van der Waals surface area contributed by atoms with Crippen molar-refractivity contribution in [2.24, 2.45) is 11.8 Å². The van der Waals surface area contributed by atoms with Crippen LogP contribution in [-0.4, -0.2) is 11.5 Å². The van der Waals surface area contributed by atoms with E-state index in [2.05, 4.69) is 17.2 Å². The molecule has 1 N–H and O–H groups in total. The molecule has 88 valence electrons. The molecule has 1 fully saturated rings. The zero-order valence-electron chi connectivity index (χ0n) is 9.75. The first-order valence-corrected chi connectivity index (χ1v) is 6.12. The third-order valence-corrected chi connectivity index (χ3v) is 3.55. The van der Waals surface area contributed by atoms with Gasteiger partial charge in [0.25, 0.3) is 0 Å². The van der Waals surface area contributed by atoms with Crippen molar-refractivity contribution in [2.75, 3.05) is 11.9 Å². The van der Waals surface area contributed by atoms with Gasteiger partial charge in [-0.1, -0.05) is 32.3 Å². The third-order valence-electron chi connectivity index (χ3n) is 3.55. The van der Waals surface area contributed by atoms with Gasteiger partial charge in [0.2, 0.25) is 5.95 Å². The van der Waals surface area contributed by atoms with E-state index in [-0.39, 0.29) is 0 Å². The third kappa shape index (κ3) is 2.94. The topological polar surface area (TPSA) is 24.9 Å². The second kappa shape index (κ2) is 5.28. The van der Waals surface area contributed by atoms with Crippen LogP contribution in [0.4, 0.5) is 10.2 Å². The van der Waals surface area contributed by atoms with Crippen LogP contribution in [0.2, 0.25) is 0 Å². The van der Waals surface area contributed by atoms with Crippen molar-refractivity contribution >= 4 is 5.82 Å². The summed E-state index contributed by atoms with van der Waals surface area (Å²) >= 11 is 0. The maximum absolute atomic E-state index is 12.9. The fraction of sp³-hybridized carbons (Fsp3) is 0.615. The molecule has 1 aliphatic rings. The summed E-state index contributed by atoms with van der Waals surface area (Å²) in [6, 6.07) is 4.87. The van der Waals surface area contributed by atoms with Crippen LogP contribution in [0.25, 0.3) is 0 Å². The Morgan fingerprint density at radius 3 is 2.94 bits per heavy atom. The van der Waals surface area contributed by atoms with Gasteiger partial charge in [0.1, 0.15) is 5.82 Å². The van der Waals surface area contributed by atoms with Crippen molar-refractivity contribution in [3.8, 4) is 0 Å². The van der Waals surface area contributed by atoms with Crippen LogP contribution < -0.4 is 5.32 Å². The summed E-state index contributed by atoms with van der Waals surface area (Å²) in [6.07, 6.45) is 5.29. The smallest absolute Gasteiger partial charge is 0.214 e. The van der Waals surface area contributed by atoms with Crippen LogP contribution in [0.3, 0.4) is 0 Å². The van der Waals surface area contributed by atoms with E-state index in [1.165, 1.54) is 31.7 Å². The van der Waals surface area contributed by atoms with Gasteiger partial charge in [-0.15, -0.1) is 0 Å². The van der Waals surface area contributed by atoms with Gasteiger partial charge in [-0.05, 0) is 30.4 Å². The van der Waals surface area contributed by atoms with Gasteiger partial charge < -0.3 is 5.32 Å². The molecular weight excluding hydrogens is 203 g/mol. The molecule has 16 heavy (non-hydrogen) atoms. The highest BCUT2D eigenvalue weighted by Crippen LogP contribution is 2.29. The molecule has 1 heterocycles. The standard InChI is InChI=1S/C13H19FN2/c1-10-5-2-3-6-11(10)9-15-13-8-4-7-12(14)16-13/h4,7-8,10-11H,2-3,5-6,9H2,1H3,(H,15,16). The number of rotatable bonds is 3. The summed E-state index contributed by atoms with van der Waals surface area (Å²) in [5.41, 5.74) is 0. The molecule has 0 radical (unpaired) electrons. The minimum atomic E-state index is -0.415. The van der Waals surface area contributed by atoms with Crippen LogP contribution in [-0.2, 0) is 0 Å². The van der Waals surface area contributed by atoms with Gasteiger partial charge in [0, 0.05) is 6.54 Å². The van der Waals surface area contributed by atoms with Crippen molar-refractivity contribution in [3.63, 3.8) is 0 Å². The van der Waals surface area contributed by atoms with E-state index in [4.69, 9.17) is 0 Å². The SMILES string of the molecule is CC1CCCCC1CNc1cccc(F)n1. The Morgan fingerprint density at radius 2 is 2.19 bits per heavy atom.